The summed E-state index contributed by atoms with van der Waals surface area (Å²) in [5.74, 6) is 0. The molecular formula is C13H28O2Si. The molecule has 1 aliphatic rings. The number of aliphatic hydroxyl groups is 2. The lowest BCUT2D eigenvalue weighted by Gasteiger charge is -2.49. The summed E-state index contributed by atoms with van der Waals surface area (Å²) in [6.45, 7) is 13.9. The zero-order valence-corrected chi connectivity index (χ0v) is 12.6. The van der Waals surface area contributed by atoms with E-state index in [9.17, 15) is 10.2 Å². The number of hydrogen-bond acceptors (Lipinski definition) is 2. The summed E-state index contributed by atoms with van der Waals surface area (Å²) in [6, 6.07) is 0. The van der Waals surface area contributed by atoms with E-state index < -0.39 is 8.07 Å². The van der Waals surface area contributed by atoms with Gasteiger partial charge in [0.05, 0.1) is 14.2 Å². The van der Waals surface area contributed by atoms with Gasteiger partial charge in [-0.1, -0.05) is 41.5 Å². The first kappa shape index (κ1) is 14.2. The molecule has 96 valence electrons. The summed E-state index contributed by atoms with van der Waals surface area (Å²) in [7, 11) is -1.71. The van der Waals surface area contributed by atoms with E-state index in [1.54, 1.807) is 0 Å². The van der Waals surface area contributed by atoms with Crippen molar-refractivity contribution >= 4 is 8.07 Å². The van der Waals surface area contributed by atoms with Crippen LogP contribution in [0.3, 0.4) is 0 Å². The third-order valence-corrected chi connectivity index (χ3v) is 13.2. The molecule has 0 bridgehead atoms. The predicted molar refractivity (Wildman–Crippen MR) is 71.5 cm³/mol. The zero-order valence-electron chi connectivity index (χ0n) is 11.6. The highest BCUT2D eigenvalue weighted by atomic mass is 28.3. The van der Waals surface area contributed by atoms with Gasteiger partial charge in [-0.25, -0.2) is 0 Å². The Labute approximate surface area is 101 Å². The molecule has 1 aliphatic carbocycles. The Morgan fingerprint density at radius 3 is 1.44 bits per heavy atom. The van der Waals surface area contributed by atoms with E-state index in [1.807, 2.05) is 0 Å². The SMILES string of the molecule is CC(C)[Si](C(C)C)(C(C)C)C1(CO)CC1O. The largest absolute Gasteiger partial charge is 0.396 e. The van der Waals surface area contributed by atoms with Crippen molar-refractivity contribution in [3.05, 3.63) is 0 Å². The van der Waals surface area contributed by atoms with Crippen molar-refractivity contribution in [1.29, 1.82) is 0 Å². The molecule has 0 saturated heterocycles. The molecule has 0 aromatic rings. The van der Waals surface area contributed by atoms with Gasteiger partial charge in [0.2, 0.25) is 0 Å². The van der Waals surface area contributed by atoms with Crippen LogP contribution in [-0.2, 0) is 0 Å². The van der Waals surface area contributed by atoms with Gasteiger partial charge >= 0.3 is 0 Å². The van der Waals surface area contributed by atoms with E-state index in [0.717, 1.165) is 6.42 Å². The maximum Gasteiger partial charge on any atom is 0.0735 e. The zero-order chi connectivity index (χ0) is 12.7. The Balaban J connectivity index is 3.23. The van der Waals surface area contributed by atoms with Crippen LogP contribution in [0.4, 0.5) is 0 Å². The molecule has 0 amide bonds. The Hall–Kier alpha value is 0.137. The van der Waals surface area contributed by atoms with Crippen molar-refractivity contribution < 1.29 is 10.2 Å². The molecular weight excluding hydrogens is 216 g/mol. The smallest absolute Gasteiger partial charge is 0.0735 e. The van der Waals surface area contributed by atoms with Crippen LogP contribution in [0.1, 0.15) is 48.0 Å². The lowest BCUT2D eigenvalue weighted by Crippen LogP contribution is -2.52. The molecule has 16 heavy (non-hydrogen) atoms. The van der Waals surface area contributed by atoms with Gasteiger partial charge in [-0.15, -0.1) is 0 Å². The van der Waals surface area contributed by atoms with Crippen LogP contribution >= 0.6 is 0 Å². The molecule has 2 unspecified atom stereocenters. The van der Waals surface area contributed by atoms with Gasteiger partial charge < -0.3 is 10.2 Å². The van der Waals surface area contributed by atoms with Gasteiger partial charge in [-0.05, 0) is 23.0 Å². The van der Waals surface area contributed by atoms with Gasteiger partial charge in [0, 0.05) is 11.6 Å². The summed E-state index contributed by atoms with van der Waals surface area (Å²) >= 11 is 0. The predicted octanol–water partition coefficient (Wildman–Crippen LogP) is 3.16. The molecule has 1 rings (SSSR count). The molecule has 0 radical (unpaired) electrons. The van der Waals surface area contributed by atoms with Crippen LogP contribution in [-0.4, -0.2) is 31.0 Å². The Bertz CT molecular complexity index is 225. The average Bonchev–Trinajstić information content (AvgIpc) is 2.77. The first-order valence-corrected chi connectivity index (χ1v) is 8.79. The molecule has 3 heteroatoms. The molecule has 0 aromatic heterocycles. The molecule has 0 aromatic carbocycles. The van der Waals surface area contributed by atoms with Gasteiger partial charge in [0.1, 0.15) is 0 Å². The molecule has 1 fully saturated rings. The summed E-state index contributed by atoms with van der Waals surface area (Å²) in [6.07, 6.45) is 0.570. The third-order valence-electron chi connectivity index (χ3n) is 5.05. The lowest BCUT2D eigenvalue weighted by molar-refractivity contribution is 0.209. The first-order chi connectivity index (χ1) is 7.27. The van der Waals surface area contributed by atoms with Crippen LogP contribution in [0, 0.1) is 0 Å². The Morgan fingerprint density at radius 1 is 1.06 bits per heavy atom. The van der Waals surface area contributed by atoms with Crippen LogP contribution in [0.25, 0.3) is 0 Å². The molecule has 0 aliphatic heterocycles. The maximum absolute atomic E-state index is 10.0. The second-order valence-electron chi connectivity index (χ2n) is 6.43. The van der Waals surface area contributed by atoms with Gasteiger partial charge in [-0.3, -0.25) is 0 Å². The van der Waals surface area contributed by atoms with E-state index in [1.165, 1.54) is 0 Å². The van der Waals surface area contributed by atoms with Crippen molar-refractivity contribution in [2.24, 2.45) is 0 Å². The Morgan fingerprint density at radius 2 is 1.38 bits per heavy atom. The van der Waals surface area contributed by atoms with Crippen molar-refractivity contribution in [3.63, 3.8) is 0 Å². The van der Waals surface area contributed by atoms with E-state index in [-0.39, 0.29) is 17.7 Å². The average molecular weight is 244 g/mol. The fourth-order valence-electron chi connectivity index (χ4n) is 4.78. The minimum Gasteiger partial charge on any atom is -0.396 e. The van der Waals surface area contributed by atoms with Gasteiger partial charge in [0.15, 0.2) is 0 Å². The summed E-state index contributed by atoms with van der Waals surface area (Å²) in [4.78, 5) is 0. The van der Waals surface area contributed by atoms with E-state index in [4.69, 9.17) is 0 Å². The molecule has 1 saturated carbocycles. The van der Waals surface area contributed by atoms with Crippen LogP contribution in [0.2, 0.25) is 21.7 Å². The second-order valence-corrected chi connectivity index (χ2v) is 12.8. The van der Waals surface area contributed by atoms with Gasteiger partial charge in [0.25, 0.3) is 0 Å². The number of rotatable bonds is 5. The van der Waals surface area contributed by atoms with Crippen molar-refractivity contribution in [3.8, 4) is 0 Å². The topological polar surface area (TPSA) is 40.5 Å². The molecule has 0 spiro atoms. The monoisotopic (exact) mass is 244 g/mol. The summed E-state index contributed by atoms with van der Waals surface area (Å²) in [5.41, 5.74) is 1.82. The number of hydrogen-bond donors (Lipinski definition) is 2. The van der Waals surface area contributed by atoms with Crippen molar-refractivity contribution in [2.45, 2.75) is 75.7 Å². The lowest BCUT2D eigenvalue weighted by atomic mass is 10.4. The normalized spacial score (nSPS) is 30.6. The molecule has 2 N–H and O–H groups in total. The fraction of sp³-hybridized carbons (Fsp3) is 1.00. The molecule has 2 atom stereocenters. The van der Waals surface area contributed by atoms with Crippen molar-refractivity contribution in [2.75, 3.05) is 6.61 Å². The first-order valence-electron chi connectivity index (χ1n) is 6.56. The van der Waals surface area contributed by atoms with Gasteiger partial charge in [-0.2, -0.15) is 0 Å². The standard InChI is InChI=1S/C13H28O2Si/c1-9(2)16(10(3)4,11(5)6)13(8-14)7-12(13)15/h9-12,14-15H,7-8H2,1-6H3. The minimum atomic E-state index is -1.71. The van der Waals surface area contributed by atoms with Crippen molar-refractivity contribution in [1.82, 2.24) is 0 Å². The van der Waals surface area contributed by atoms with E-state index in [2.05, 4.69) is 41.5 Å². The third kappa shape index (κ3) is 1.59. The summed E-state index contributed by atoms with van der Waals surface area (Å²) < 4.78 is 0. The fourth-order valence-corrected chi connectivity index (χ4v) is 13.6. The Kier molecular flexibility index (Phi) is 3.93. The highest BCUT2D eigenvalue weighted by molar-refractivity contribution is 6.87. The second kappa shape index (κ2) is 4.43. The summed E-state index contributed by atoms with van der Waals surface area (Å²) in [5, 5.41) is 19.7. The van der Waals surface area contributed by atoms with Crippen LogP contribution in [0.15, 0.2) is 0 Å². The quantitative estimate of drug-likeness (QED) is 0.729. The van der Waals surface area contributed by atoms with E-state index >= 15 is 0 Å². The highest BCUT2D eigenvalue weighted by Crippen LogP contribution is 2.69. The number of aliphatic hydroxyl groups excluding tert-OH is 2. The minimum absolute atomic E-state index is 0.122. The van der Waals surface area contributed by atoms with Crippen LogP contribution in [0.5, 0.6) is 0 Å². The highest BCUT2D eigenvalue weighted by Gasteiger charge is 2.69. The van der Waals surface area contributed by atoms with E-state index in [0.29, 0.717) is 16.6 Å². The van der Waals surface area contributed by atoms with Crippen LogP contribution < -0.4 is 0 Å². The molecule has 0 heterocycles. The molecule has 2 nitrogen and oxygen atoms in total. The maximum atomic E-state index is 10.0.